The van der Waals surface area contributed by atoms with Crippen LogP contribution >= 0.6 is 0 Å². The van der Waals surface area contributed by atoms with E-state index in [0.29, 0.717) is 0 Å². The van der Waals surface area contributed by atoms with Crippen molar-refractivity contribution in [3.63, 3.8) is 0 Å². The van der Waals surface area contributed by atoms with E-state index >= 15 is 0 Å². The summed E-state index contributed by atoms with van der Waals surface area (Å²) in [5.74, 6) is 0. The van der Waals surface area contributed by atoms with Crippen LogP contribution in [0.2, 0.25) is 0 Å². The molecule has 0 bridgehead atoms. The van der Waals surface area contributed by atoms with Crippen LogP contribution in [0.3, 0.4) is 0 Å². The molecule has 0 atom stereocenters. The third-order valence-corrected chi connectivity index (χ3v) is 8.31. The van der Waals surface area contributed by atoms with E-state index in [1.165, 1.54) is 82.1 Å². The monoisotopic (exact) mass is 467 g/mol. The highest BCUT2D eigenvalue weighted by Gasteiger charge is 2.24. The van der Waals surface area contributed by atoms with Crippen LogP contribution in [-0.2, 0) is 0 Å². The fourth-order valence-electron chi connectivity index (χ4n) is 6.80. The lowest BCUT2D eigenvalue weighted by atomic mass is 10.00. The molecule has 1 heterocycles. The minimum Gasteiger partial charge on any atom is -0.309 e. The molecule has 37 heavy (non-hydrogen) atoms. The molecular formula is C36H21N. The first-order valence-corrected chi connectivity index (χ1v) is 12.9. The van der Waals surface area contributed by atoms with Crippen LogP contribution in [0.4, 0.5) is 0 Å². The normalized spacial score (nSPS) is 12.3. The predicted octanol–water partition coefficient (Wildman–Crippen LogP) is 9.89. The summed E-state index contributed by atoms with van der Waals surface area (Å²) in [6.07, 6.45) is 0. The second-order valence-electron chi connectivity index (χ2n) is 10.1. The summed E-state index contributed by atoms with van der Waals surface area (Å²) < 4.78 is 2.50. The molecule has 0 N–H and O–H groups in total. The van der Waals surface area contributed by atoms with Gasteiger partial charge in [0.15, 0.2) is 0 Å². The molecular weight excluding hydrogens is 446 g/mol. The lowest BCUT2D eigenvalue weighted by Crippen LogP contribution is -1.96. The number of rotatable bonds is 1. The maximum absolute atomic E-state index is 2.50. The summed E-state index contributed by atoms with van der Waals surface area (Å²) in [4.78, 5) is 0. The molecule has 0 fully saturated rings. The quantitative estimate of drug-likeness (QED) is 0.226. The van der Waals surface area contributed by atoms with Crippen molar-refractivity contribution in [1.29, 1.82) is 0 Å². The molecule has 1 nitrogen and oxygen atoms in total. The Bertz CT molecular complexity index is 2120. The van der Waals surface area contributed by atoms with Crippen molar-refractivity contribution < 1.29 is 0 Å². The van der Waals surface area contributed by atoms with Gasteiger partial charge in [0.1, 0.15) is 0 Å². The van der Waals surface area contributed by atoms with E-state index in [9.17, 15) is 0 Å². The van der Waals surface area contributed by atoms with Crippen LogP contribution in [0, 0.1) is 0 Å². The Balaban J connectivity index is 1.51. The van der Waals surface area contributed by atoms with Gasteiger partial charge in [-0.25, -0.2) is 0 Å². The van der Waals surface area contributed by atoms with E-state index in [1.807, 2.05) is 0 Å². The van der Waals surface area contributed by atoms with Gasteiger partial charge in [-0.05, 0) is 67.4 Å². The Kier molecular flexibility index (Phi) is 3.59. The van der Waals surface area contributed by atoms with Crippen molar-refractivity contribution in [1.82, 2.24) is 4.57 Å². The van der Waals surface area contributed by atoms with Crippen molar-refractivity contribution in [2.24, 2.45) is 0 Å². The summed E-state index contributed by atoms with van der Waals surface area (Å²) in [6.45, 7) is 0. The van der Waals surface area contributed by atoms with Crippen LogP contribution in [0.5, 0.6) is 0 Å². The van der Waals surface area contributed by atoms with Gasteiger partial charge in [-0.15, -0.1) is 0 Å². The fourth-order valence-corrected chi connectivity index (χ4v) is 6.80. The molecule has 0 saturated heterocycles. The third kappa shape index (κ3) is 2.39. The first kappa shape index (κ1) is 19.3. The second kappa shape index (κ2) is 6.87. The zero-order valence-corrected chi connectivity index (χ0v) is 20.1. The largest absolute Gasteiger partial charge is 0.309 e. The lowest BCUT2D eigenvalue weighted by molar-refractivity contribution is 1.20. The van der Waals surface area contributed by atoms with Crippen LogP contribution in [0.25, 0.3) is 82.1 Å². The molecule has 0 saturated carbocycles. The number of hydrogen-bond acceptors (Lipinski definition) is 0. The van der Waals surface area contributed by atoms with Crippen molar-refractivity contribution in [2.75, 3.05) is 0 Å². The van der Waals surface area contributed by atoms with Crippen molar-refractivity contribution in [2.45, 2.75) is 0 Å². The Labute approximate surface area is 213 Å². The topological polar surface area (TPSA) is 4.93 Å². The summed E-state index contributed by atoms with van der Waals surface area (Å²) in [7, 11) is 0. The Morgan fingerprint density at radius 3 is 1.49 bits per heavy atom. The van der Waals surface area contributed by atoms with Crippen LogP contribution in [0.15, 0.2) is 127 Å². The first-order valence-electron chi connectivity index (χ1n) is 12.9. The molecule has 8 aromatic rings. The number of hydrogen-bond donors (Lipinski definition) is 0. The number of nitrogens with zero attached hydrogens (tertiary/aromatic N) is 1. The molecule has 0 spiro atoms. The number of benzene rings is 7. The number of aromatic nitrogens is 1. The molecule has 1 aromatic heterocycles. The summed E-state index contributed by atoms with van der Waals surface area (Å²) in [5.41, 5.74) is 9.07. The molecule has 0 aliphatic heterocycles. The molecule has 1 aliphatic carbocycles. The van der Waals surface area contributed by atoms with E-state index in [1.54, 1.807) is 0 Å². The van der Waals surface area contributed by atoms with Gasteiger partial charge in [0, 0.05) is 16.2 Å². The first-order chi connectivity index (χ1) is 18.4. The molecule has 0 amide bonds. The van der Waals surface area contributed by atoms with Crippen LogP contribution < -0.4 is 0 Å². The molecule has 0 radical (unpaired) electrons. The summed E-state index contributed by atoms with van der Waals surface area (Å²) in [5, 5.41) is 10.5. The van der Waals surface area contributed by atoms with Crippen molar-refractivity contribution in [3.05, 3.63) is 127 Å². The van der Waals surface area contributed by atoms with E-state index in [-0.39, 0.29) is 0 Å². The van der Waals surface area contributed by atoms with Crippen LogP contribution in [0.1, 0.15) is 0 Å². The summed E-state index contributed by atoms with van der Waals surface area (Å²) in [6, 6.07) is 47.0. The minimum absolute atomic E-state index is 1.24. The maximum Gasteiger partial charge on any atom is 0.0548 e. The highest BCUT2D eigenvalue weighted by atomic mass is 15.0. The molecule has 7 aromatic carbocycles. The highest BCUT2D eigenvalue weighted by molar-refractivity contribution is 6.29. The van der Waals surface area contributed by atoms with Gasteiger partial charge in [-0.1, -0.05) is 109 Å². The van der Waals surface area contributed by atoms with Gasteiger partial charge >= 0.3 is 0 Å². The van der Waals surface area contributed by atoms with E-state index in [2.05, 4.69) is 132 Å². The zero-order valence-electron chi connectivity index (χ0n) is 20.1. The SMILES string of the molecule is c1ccc2c(c1)-c1cccc3c(-n4c5ccc6ccccc6c5c5c6ccccc6ccc54)ccc-2c13. The van der Waals surface area contributed by atoms with Gasteiger partial charge in [-0.2, -0.15) is 0 Å². The van der Waals surface area contributed by atoms with Crippen molar-refractivity contribution >= 4 is 54.1 Å². The highest BCUT2D eigenvalue weighted by Crippen LogP contribution is 2.49. The van der Waals surface area contributed by atoms with Crippen LogP contribution in [-0.4, -0.2) is 4.57 Å². The maximum atomic E-state index is 2.50. The average molecular weight is 468 g/mol. The van der Waals surface area contributed by atoms with E-state index < -0.39 is 0 Å². The minimum atomic E-state index is 1.24. The standard InChI is InChI=1S/C36H21N/c1-3-10-24-22(8-1)16-19-32-35(24)36-25-11-4-2-9-23(25)17-20-33(36)37(32)31-21-18-29-27-13-6-5-12-26(27)28-14-7-15-30(31)34(28)29/h1-21H. The van der Waals surface area contributed by atoms with Crippen molar-refractivity contribution in [3.8, 4) is 27.9 Å². The summed E-state index contributed by atoms with van der Waals surface area (Å²) >= 11 is 0. The Morgan fingerprint density at radius 1 is 0.324 bits per heavy atom. The zero-order chi connectivity index (χ0) is 24.1. The van der Waals surface area contributed by atoms with E-state index in [4.69, 9.17) is 0 Å². The molecule has 9 rings (SSSR count). The Hall–Kier alpha value is -4.88. The lowest BCUT2D eigenvalue weighted by Gasteiger charge is -2.13. The fraction of sp³-hybridized carbons (Fsp3) is 0. The molecule has 1 aliphatic rings. The smallest absolute Gasteiger partial charge is 0.0548 e. The second-order valence-corrected chi connectivity index (χ2v) is 10.1. The van der Waals surface area contributed by atoms with E-state index in [0.717, 1.165) is 0 Å². The Morgan fingerprint density at radius 2 is 0.838 bits per heavy atom. The predicted molar refractivity (Wildman–Crippen MR) is 158 cm³/mol. The molecule has 0 unspecified atom stereocenters. The van der Waals surface area contributed by atoms with Gasteiger partial charge in [0.2, 0.25) is 0 Å². The van der Waals surface area contributed by atoms with Gasteiger partial charge < -0.3 is 4.57 Å². The molecule has 1 heteroatoms. The van der Waals surface area contributed by atoms with Gasteiger partial charge in [0.05, 0.1) is 16.7 Å². The van der Waals surface area contributed by atoms with Gasteiger partial charge in [0.25, 0.3) is 0 Å². The van der Waals surface area contributed by atoms with Gasteiger partial charge in [-0.3, -0.25) is 0 Å². The third-order valence-electron chi connectivity index (χ3n) is 8.31. The average Bonchev–Trinajstić information content (AvgIpc) is 3.48. The molecule has 170 valence electrons. The number of fused-ring (bicyclic) bond motifs is 10.